The largest absolute Gasteiger partial charge is 0.495 e. The van der Waals surface area contributed by atoms with Crippen LogP contribution in [-0.2, 0) is 14.8 Å². The van der Waals surface area contributed by atoms with E-state index in [4.69, 9.17) is 25.8 Å². The van der Waals surface area contributed by atoms with Crippen molar-refractivity contribution in [2.45, 2.75) is 25.7 Å². The van der Waals surface area contributed by atoms with Crippen LogP contribution in [0.25, 0.3) is 0 Å². The maximum Gasteiger partial charge on any atom is 0.338 e. The molecule has 0 heterocycles. The van der Waals surface area contributed by atoms with Gasteiger partial charge in [-0.1, -0.05) is 29.8 Å². The highest BCUT2D eigenvalue weighted by Crippen LogP contribution is 2.37. The lowest BCUT2D eigenvalue weighted by molar-refractivity contribution is 0.0473. The lowest BCUT2D eigenvalue weighted by atomic mass is 10.0. The van der Waals surface area contributed by atoms with Gasteiger partial charge >= 0.3 is 5.97 Å². The van der Waals surface area contributed by atoms with E-state index in [1.165, 1.54) is 44.6 Å². The van der Waals surface area contributed by atoms with Gasteiger partial charge in [-0.2, -0.15) is 0 Å². The Kier molecular flexibility index (Phi) is 8.27. The number of ether oxygens (including phenoxy) is 3. The Morgan fingerprint density at radius 1 is 0.861 bits per heavy atom. The fourth-order valence-electron chi connectivity index (χ4n) is 3.34. The predicted octanol–water partition coefficient (Wildman–Crippen LogP) is 5.12. The van der Waals surface area contributed by atoms with Gasteiger partial charge in [0.05, 0.1) is 35.4 Å². The van der Waals surface area contributed by atoms with Gasteiger partial charge < -0.3 is 14.2 Å². The van der Waals surface area contributed by atoms with Crippen molar-refractivity contribution in [2.75, 3.05) is 25.5 Å². The number of benzene rings is 3. The predicted molar refractivity (Wildman–Crippen MR) is 137 cm³/mol. The third-order valence-electron chi connectivity index (χ3n) is 5.62. The molecule has 0 aliphatic rings. The van der Waals surface area contributed by atoms with E-state index in [1.54, 1.807) is 19.1 Å². The Labute approximate surface area is 215 Å². The number of methoxy groups -OCH3 is 2. The van der Waals surface area contributed by atoms with E-state index in [1.807, 2.05) is 19.9 Å². The van der Waals surface area contributed by atoms with Gasteiger partial charge in [0, 0.05) is 11.6 Å². The lowest BCUT2D eigenvalue weighted by Gasteiger charge is -2.15. The number of aryl methyl sites for hydroxylation is 3. The number of nitrogens with one attached hydrogen (secondary N) is 1. The molecule has 8 nitrogen and oxygen atoms in total. The Hall–Kier alpha value is -3.56. The zero-order valence-corrected chi connectivity index (χ0v) is 22.0. The first-order valence-electron chi connectivity index (χ1n) is 10.8. The summed E-state index contributed by atoms with van der Waals surface area (Å²) in [5.41, 5.74) is 3.01. The first kappa shape index (κ1) is 27.0. The molecule has 0 bridgehead atoms. The highest BCUT2D eigenvalue weighted by Gasteiger charge is 2.22. The molecule has 0 aliphatic carbocycles. The number of Topliss-reactive ketones (excluding diaryl/α,β-unsaturated/α-hetero) is 1. The molecular formula is C26H26ClNO7S. The molecule has 3 aromatic carbocycles. The number of ketones is 1. The van der Waals surface area contributed by atoms with E-state index in [0.29, 0.717) is 16.9 Å². The lowest BCUT2D eigenvalue weighted by Crippen LogP contribution is -2.17. The molecule has 0 aliphatic heterocycles. The first-order valence-corrected chi connectivity index (χ1v) is 12.7. The zero-order valence-electron chi connectivity index (χ0n) is 20.5. The van der Waals surface area contributed by atoms with Crippen molar-refractivity contribution < 1.29 is 32.2 Å². The molecule has 0 radical (unpaired) electrons. The van der Waals surface area contributed by atoms with Gasteiger partial charge in [0.2, 0.25) is 0 Å². The number of esters is 1. The van der Waals surface area contributed by atoms with Crippen molar-refractivity contribution in [3.8, 4) is 11.5 Å². The summed E-state index contributed by atoms with van der Waals surface area (Å²) in [4.78, 5) is 25.0. The summed E-state index contributed by atoms with van der Waals surface area (Å²) in [6, 6.07) is 12.1. The van der Waals surface area contributed by atoms with Gasteiger partial charge in [0.15, 0.2) is 12.4 Å². The molecule has 3 rings (SSSR count). The standard InChI is InChI=1S/C26H26ClNO7S/c1-15-6-8-18(10-17(15)3)23(29)14-35-26(30)20-11-19(9-7-16(20)2)36(31,32)28-22-12-21(27)24(33-4)13-25(22)34-5/h6-13,28H,14H2,1-5H3. The van der Waals surface area contributed by atoms with Crippen LogP contribution in [0, 0.1) is 20.8 Å². The van der Waals surface area contributed by atoms with Gasteiger partial charge in [-0.25, -0.2) is 13.2 Å². The van der Waals surface area contributed by atoms with E-state index in [0.717, 1.165) is 11.1 Å². The number of halogens is 1. The van der Waals surface area contributed by atoms with Crippen LogP contribution in [0.3, 0.4) is 0 Å². The minimum Gasteiger partial charge on any atom is -0.495 e. The molecule has 0 spiro atoms. The summed E-state index contributed by atoms with van der Waals surface area (Å²) >= 11 is 6.14. The smallest absolute Gasteiger partial charge is 0.338 e. The van der Waals surface area contributed by atoms with Crippen molar-refractivity contribution >= 4 is 39.1 Å². The Morgan fingerprint density at radius 2 is 1.53 bits per heavy atom. The second kappa shape index (κ2) is 11.0. The van der Waals surface area contributed by atoms with E-state index in [-0.39, 0.29) is 32.7 Å². The van der Waals surface area contributed by atoms with Gasteiger partial charge in [-0.05, 0) is 61.7 Å². The van der Waals surface area contributed by atoms with E-state index in [9.17, 15) is 18.0 Å². The molecule has 36 heavy (non-hydrogen) atoms. The van der Waals surface area contributed by atoms with Crippen molar-refractivity contribution in [3.63, 3.8) is 0 Å². The molecule has 190 valence electrons. The highest BCUT2D eigenvalue weighted by atomic mass is 35.5. The van der Waals surface area contributed by atoms with Crippen LogP contribution in [0.2, 0.25) is 5.02 Å². The van der Waals surface area contributed by atoms with Crippen LogP contribution < -0.4 is 14.2 Å². The summed E-state index contributed by atoms with van der Waals surface area (Å²) in [5.74, 6) is -0.673. The maximum atomic E-state index is 13.1. The van der Waals surface area contributed by atoms with E-state index < -0.39 is 22.6 Å². The normalized spacial score (nSPS) is 11.1. The molecule has 3 aromatic rings. The molecule has 0 saturated carbocycles. The summed E-state index contributed by atoms with van der Waals surface area (Å²) < 4.78 is 44.2. The number of sulfonamides is 1. The van der Waals surface area contributed by atoms with E-state index in [2.05, 4.69) is 4.72 Å². The first-order chi connectivity index (χ1) is 17.0. The van der Waals surface area contributed by atoms with Gasteiger partial charge in [0.25, 0.3) is 10.0 Å². The second-order valence-electron chi connectivity index (χ2n) is 8.07. The molecule has 10 heteroatoms. The van der Waals surface area contributed by atoms with Crippen LogP contribution in [0.4, 0.5) is 5.69 Å². The van der Waals surface area contributed by atoms with Crippen LogP contribution >= 0.6 is 11.6 Å². The third-order valence-corrected chi connectivity index (χ3v) is 7.28. The Balaban J connectivity index is 1.81. The molecule has 0 amide bonds. The summed E-state index contributed by atoms with van der Waals surface area (Å²) in [6.07, 6.45) is 0. The monoisotopic (exact) mass is 531 g/mol. The molecule has 0 atom stereocenters. The summed E-state index contributed by atoms with van der Waals surface area (Å²) in [5, 5.41) is 0.178. The average molecular weight is 532 g/mol. The molecule has 0 saturated heterocycles. The van der Waals surface area contributed by atoms with Crippen molar-refractivity contribution in [3.05, 3.63) is 81.4 Å². The Bertz CT molecular complexity index is 1430. The molecular weight excluding hydrogens is 506 g/mol. The topological polar surface area (TPSA) is 108 Å². The molecule has 0 aromatic heterocycles. The van der Waals surface area contributed by atoms with Crippen LogP contribution in [0.5, 0.6) is 11.5 Å². The number of anilines is 1. The number of rotatable bonds is 9. The van der Waals surface area contributed by atoms with Gasteiger partial charge in [0.1, 0.15) is 11.5 Å². The van der Waals surface area contributed by atoms with Crippen molar-refractivity contribution in [1.29, 1.82) is 0 Å². The highest BCUT2D eigenvalue weighted by molar-refractivity contribution is 7.92. The minimum absolute atomic E-state index is 0.0190. The SMILES string of the molecule is COc1cc(OC)c(NS(=O)(=O)c2ccc(C)c(C(=O)OCC(=O)c3ccc(C)c(C)c3)c2)cc1Cl. The number of carbonyl (C=O) groups is 2. The second-order valence-corrected chi connectivity index (χ2v) is 10.2. The minimum atomic E-state index is -4.14. The van der Waals surface area contributed by atoms with Gasteiger partial charge in [-0.3, -0.25) is 9.52 Å². The summed E-state index contributed by atoms with van der Waals surface area (Å²) in [7, 11) is -1.34. The fraction of sp³-hybridized carbons (Fsp3) is 0.231. The van der Waals surface area contributed by atoms with Crippen LogP contribution in [0.1, 0.15) is 37.4 Å². The van der Waals surface area contributed by atoms with Crippen molar-refractivity contribution in [1.82, 2.24) is 0 Å². The molecule has 0 fully saturated rings. The summed E-state index contributed by atoms with van der Waals surface area (Å²) in [6.45, 7) is 4.98. The van der Waals surface area contributed by atoms with Crippen molar-refractivity contribution in [2.24, 2.45) is 0 Å². The Morgan fingerprint density at radius 3 is 2.17 bits per heavy atom. The maximum absolute atomic E-state index is 13.1. The van der Waals surface area contributed by atoms with Crippen LogP contribution in [-0.4, -0.2) is 41.0 Å². The number of hydrogen-bond acceptors (Lipinski definition) is 7. The average Bonchev–Trinajstić information content (AvgIpc) is 2.84. The van der Waals surface area contributed by atoms with Crippen LogP contribution in [0.15, 0.2) is 53.4 Å². The number of carbonyl (C=O) groups excluding carboxylic acids is 2. The zero-order chi connectivity index (χ0) is 26.6. The fourth-order valence-corrected chi connectivity index (χ4v) is 4.67. The van der Waals surface area contributed by atoms with Gasteiger partial charge in [-0.15, -0.1) is 0 Å². The molecule has 1 N–H and O–H groups in total. The molecule has 0 unspecified atom stereocenters. The number of hydrogen-bond donors (Lipinski definition) is 1. The third kappa shape index (κ3) is 5.98. The quantitative estimate of drug-likeness (QED) is 0.301. The van der Waals surface area contributed by atoms with E-state index >= 15 is 0 Å².